The smallest absolute Gasteiger partial charge is 0.321 e. The fourth-order valence-electron chi connectivity index (χ4n) is 0.845. The van der Waals surface area contributed by atoms with Crippen molar-refractivity contribution in [1.29, 1.82) is 0 Å². The zero-order valence-corrected chi connectivity index (χ0v) is 9.86. The normalized spacial score (nSPS) is 12.9. The third-order valence-electron chi connectivity index (χ3n) is 1.53. The van der Waals surface area contributed by atoms with E-state index in [4.69, 9.17) is 44.6 Å². The molecule has 0 bridgehead atoms. The van der Waals surface area contributed by atoms with Gasteiger partial charge in [0.2, 0.25) is 3.79 Å². The number of halogens is 3. The van der Waals surface area contributed by atoms with Crippen LogP contribution in [0.3, 0.4) is 0 Å². The third kappa shape index (κ3) is 3.13. The summed E-state index contributed by atoms with van der Waals surface area (Å²) in [5.74, 6) is 0. The summed E-state index contributed by atoms with van der Waals surface area (Å²) in [4.78, 5) is 17.6. The third-order valence-corrected chi connectivity index (χ3v) is 3.16. The minimum Gasteiger partial charge on any atom is -0.321 e. The van der Waals surface area contributed by atoms with Crippen LogP contribution in [0.4, 0.5) is 0 Å². The van der Waals surface area contributed by atoms with E-state index in [2.05, 4.69) is 0 Å². The lowest BCUT2D eigenvalue weighted by molar-refractivity contribution is 0.387. The van der Waals surface area contributed by atoms with E-state index >= 15 is 0 Å². The number of hydrogen-bond acceptors (Lipinski definition) is 1. The molecule has 7 heteroatoms. The van der Waals surface area contributed by atoms with Gasteiger partial charge < -0.3 is 9.79 Å². The van der Waals surface area contributed by atoms with Crippen molar-refractivity contribution < 1.29 is 14.4 Å². The molecule has 0 fully saturated rings. The van der Waals surface area contributed by atoms with Gasteiger partial charge in [-0.25, -0.2) is 0 Å². The summed E-state index contributed by atoms with van der Waals surface area (Å²) in [6.45, 7) is 0. The first kappa shape index (κ1) is 12.3. The maximum atomic E-state index is 10.8. The summed E-state index contributed by atoms with van der Waals surface area (Å²) in [7, 11) is -4.22. The van der Waals surface area contributed by atoms with Gasteiger partial charge in [0.1, 0.15) is 0 Å². The van der Waals surface area contributed by atoms with E-state index in [9.17, 15) is 4.57 Å². The van der Waals surface area contributed by atoms with Crippen LogP contribution in [0.5, 0.6) is 0 Å². The molecule has 0 aliphatic heterocycles. The molecule has 0 heterocycles. The minimum absolute atomic E-state index is 0.101. The molecule has 0 aromatic heterocycles. The van der Waals surface area contributed by atoms with Gasteiger partial charge in [-0.1, -0.05) is 46.9 Å². The Kier molecular flexibility index (Phi) is 3.53. The van der Waals surface area contributed by atoms with Gasteiger partial charge in [0.05, 0.1) is 5.30 Å². The standard InChI is InChI=1S/C7H6Cl3O3P/c8-7(9,10)5-1-3-6(4-2-5)14(11,12)13/h1-4H,(H2,11,12,13). The van der Waals surface area contributed by atoms with Crippen LogP contribution in [0, 0.1) is 0 Å². The summed E-state index contributed by atoms with van der Waals surface area (Å²) >= 11 is 16.7. The van der Waals surface area contributed by atoms with Crippen molar-refractivity contribution in [1.82, 2.24) is 0 Å². The first-order chi connectivity index (χ1) is 6.21. The van der Waals surface area contributed by atoms with Gasteiger partial charge in [-0.2, -0.15) is 0 Å². The quantitative estimate of drug-likeness (QED) is 0.611. The zero-order chi connectivity index (χ0) is 11.0. The van der Waals surface area contributed by atoms with Crippen LogP contribution in [0.1, 0.15) is 5.56 Å². The van der Waals surface area contributed by atoms with Gasteiger partial charge in [0.25, 0.3) is 0 Å². The van der Waals surface area contributed by atoms with Gasteiger partial charge in [-0.3, -0.25) is 4.57 Å². The van der Waals surface area contributed by atoms with Crippen LogP contribution >= 0.6 is 42.4 Å². The molecule has 3 nitrogen and oxygen atoms in total. The predicted molar refractivity (Wildman–Crippen MR) is 57.4 cm³/mol. The molecule has 0 saturated heterocycles. The molecular formula is C7H6Cl3O3P. The molecule has 0 atom stereocenters. The Morgan fingerprint density at radius 2 is 1.50 bits per heavy atom. The Labute approximate surface area is 95.8 Å². The number of hydrogen-bond donors (Lipinski definition) is 2. The highest BCUT2D eigenvalue weighted by Crippen LogP contribution is 2.39. The highest BCUT2D eigenvalue weighted by atomic mass is 35.6. The van der Waals surface area contributed by atoms with E-state index in [1.165, 1.54) is 24.3 Å². The molecule has 1 rings (SSSR count). The number of benzene rings is 1. The largest absolute Gasteiger partial charge is 0.356 e. The summed E-state index contributed by atoms with van der Waals surface area (Å²) in [5.41, 5.74) is 0.361. The van der Waals surface area contributed by atoms with E-state index in [1.807, 2.05) is 0 Å². The van der Waals surface area contributed by atoms with Crippen molar-refractivity contribution in [3.05, 3.63) is 29.8 Å². The number of alkyl halides is 3. The lowest BCUT2D eigenvalue weighted by Gasteiger charge is -2.11. The monoisotopic (exact) mass is 274 g/mol. The second kappa shape index (κ2) is 4.01. The Bertz CT molecular complexity index is 365. The highest BCUT2D eigenvalue weighted by molar-refractivity contribution is 7.60. The number of rotatable bonds is 1. The highest BCUT2D eigenvalue weighted by Gasteiger charge is 2.24. The van der Waals surface area contributed by atoms with Crippen LogP contribution in [-0.2, 0) is 8.36 Å². The molecule has 0 unspecified atom stereocenters. The molecule has 2 N–H and O–H groups in total. The maximum Gasteiger partial charge on any atom is 0.356 e. The average molecular weight is 275 g/mol. The zero-order valence-electron chi connectivity index (χ0n) is 6.69. The van der Waals surface area contributed by atoms with Crippen LogP contribution in [0.2, 0.25) is 0 Å². The molecule has 1 aromatic rings. The minimum atomic E-state index is -4.22. The fraction of sp³-hybridized carbons (Fsp3) is 0.143. The topological polar surface area (TPSA) is 57.5 Å². The van der Waals surface area contributed by atoms with E-state index in [-0.39, 0.29) is 5.30 Å². The molecule has 0 aliphatic rings. The van der Waals surface area contributed by atoms with Gasteiger partial charge in [0.15, 0.2) is 0 Å². The molecule has 1 aromatic carbocycles. The summed E-state index contributed by atoms with van der Waals surface area (Å²) in [5, 5.41) is -0.101. The Hall–Kier alpha value is 0.240. The van der Waals surface area contributed by atoms with Crippen molar-refractivity contribution >= 4 is 47.7 Å². The Morgan fingerprint density at radius 3 is 1.79 bits per heavy atom. The summed E-state index contributed by atoms with van der Waals surface area (Å²) < 4.78 is 9.21. The Balaban J connectivity index is 3.08. The second-order valence-electron chi connectivity index (χ2n) is 2.59. The SMILES string of the molecule is O=P(O)(O)c1ccc(C(Cl)(Cl)Cl)cc1. The van der Waals surface area contributed by atoms with E-state index in [0.717, 1.165) is 0 Å². The lowest BCUT2D eigenvalue weighted by Crippen LogP contribution is -2.06. The second-order valence-corrected chi connectivity index (χ2v) is 6.47. The van der Waals surface area contributed by atoms with E-state index < -0.39 is 11.4 Å². The lowest BCUT2D eigenvalue weighted by atomic mass is 10.2. The summed E-state index contributed by atoms with van der Waals surface area (Å²) in [6.07, 6.45) is 0. The van der Waals surface area contributed by atoms with Crippen molar-refractivity contribution in [3.8, 4) is 0 Å². The van der Waals surface area contributed by atoms with Gasteiger partial charge >= 0.3 is 7.60 Å². The van der Waals surface area contributed by atoms with E-state index in [0.29, 0.717) is 5.56 Å². The molecular weight excluding hydrogens is 269 g/mol. The fourth-order valence-corrected chi connectivity index (χ4v) is 1.76. The van der Waals surface area contributed by atoms with Crippen LogP contribution in [0.15, 0.2) is 24.3 Å². The molecule has 0 radical (unpaired) electrons. The van der Waals surface area contributed by atoms with Gasteiger partial charge in [-0.15, -0.1) is 0 Å². The van der Waals surface area contributed by atoms with Gasteiger partial charge in [0, 0.05) is 5.56 Å². The molecule has 0 amide bonds. The van der Waals surface area contributed by atoms with Crippen molar-refractivity contribution in [2.75, 3.05) is 0 Å². The van der Waals surface area contributed by atoms with Crippen LogP contribution in [0.25, 0.3) is 0 Å². The van der Waals surface area contributed by atoms with Crippen molar-refractivity contribution in [2.24, 2.45) is 0 Å². The molecule has 0 saturated carbocycles. The first-order valence-corrected chi connectivity index (χ1v) is 6.19. The predicted octanol–water partition coefficient (Wildman–Crippen LogP) is 2.32. The Morgan fingerprint density at radius 1 is 1.07 bits per heavy atom. The summed E-state index contributed by atoms with van der Waals surface area (Å²) in [6, 6.07) is 5.19. The molecule has 0 aliphatic carbocycles. The van der Waals surface area contributed by atoms with Crippen LogP contribution < -0.4 is 5.30 Å². The van der Waals surface area contributed by atoms with Crippen molar-refractivity contribution in [3.63, 3.8) is 0 Å². The van der Waals surface area contributed by atoms with Crippen molar-refractivity contribution in [2.45, 2.75) is 3.79 Å². The molecule has 0 spiro atoms. The van der Waals surface area contributed by atoms with E-state index in [1.54, 1.807) is 0 Å². The van der Waals surface area contributed by atoms with Gasteiger partial charge in [-0.05, 0) is 12.1 Å². The molecule has 14 heavy (non-hydrogen) atoms. The maximum absolute atomic E-state index is 10.8. The molecule has 78 valence electrons. The average Bonchev–Trinajstić information content (AvgIpc) is 2.01. The van der Waals surface area contributed by atoms with Crippen LogP contribution in [-0.4, -0.2) is 9.79 Å². The first-order valence-electron chi connectivity index (χ1n) is 3.44.